The van der Waals surface area contributed by atoms with E-state index in [4.69, 9.17) is 14.9 Å². The zero-order valence-electron chi connectivity index (χ0n) is 20.8. The van der Waals surface area contributed by atoms with Gasteiger partial charge in [0.25, 0.3) is 5.91 Å². The number of amides is 2. The lowest BCUT2D eigenvalue weighted by Gasteiger charge is -2.31. The number of halogens is 2. The number of hydrogen-bond acceptors (Lipinski definition) is 7. The summed E-state index contributed by atoms with van der Waals surface area (Å²) >= 11 is 0. The van der Waals surface area contributed by atoms with Gasteiger partial charge in [0.15, 0.2) is 23.0 Å². The van der Waals surface area contributed by atoms with Crippen molar-refractivity contribution in [3.8, 4) is 23.0 Å². The van der Waals surface area contributed by atoms with Crippen molar-refractivity contribution in [1.29, 1.82) is 0 Å². The third kappa shape index (κ3) is 6.20. The van der Waals surface area contributed by atoms with Gasteiger partial charge in [-0.05, 0) is 69.6 Å². The molecule has 5 rings (SSSR count). The second-order valence-electron chi connectivity index (χ2n) is 10.2. The Balaban J connectivity index is 1.33. The topological polar surface area (TPSA) is 120 Å². The Morgan fingerprint density at radius 1 is 1.16 bits per heavy atom. The van der Waals surface area contributed by atoms with Crippen molar-refractivity contribution >= 4 is 11.8 Å². The van der Waals surface area contributed by atoms with E-state index in [9.17, 15) is 18.4 Å². The SMILES string of the molecule is C[C@H](N)c1oc(-c2ccc(OC(F)F)c(OCC3CC3)c2)nc1C(=O)N1CCC(C(=O)NC2CC2)CC1. The molecule has 1 aromatic heterocycles. The molecule has 2 amide bonds. The fourth-order valence-electron chi connectivity index (χ4n) is 4.40. The summed E-state index contributed by atoms with van der Waals surface area (Å²) in [5.41, 5.74) is 6.66. The monoisotopic (exact) mass is 518 g/mol. The first-order valence-electron chi connectivity index (χ1n) is 12.9. The molecule has 1 aromatic carbocycles. The van der Waals surface area contributed by atoms with E-state index in [1.807, 2.05) is 0 Å². The lowest BCUT2D eigenvalue weighted by molar-refractivity contribution is -0.126. The van der Waals surface area contributed by atoms with Gasteiger partial charge in [0.05, 0.1) is 12.6 Å². The summed E-state index contributed by atoms with van der Waals surface area (Å²) in [6, 6.07) is 4.13. The summed E-state index contributed by atoms with van der Waals surface area (Å²) in [5.74, 6) is 0.500. The molecule has 1 aliphatic heterocycles. The Morgan fingerprint density at radius 2 is 1.89 bits per heavy atom. The molecule has 11 heteroatoms. The molecular weight excluding hydrogens is 486 g/mol. The third-order valence-corrected chi connectivity index (χ3v) is 6.92. The maximum Gasteiger partial charge on any atom is 0.387 e. The molecular formula is C26H32F2N4O5. The highest BCUT2D eigenvalue weighted by molar-refractivity contribution is 5.94. The minimum Gasteiger partial charge on any atom is -0.489 e. The zero-order chi connectivity index (χ0) is 26.1. The van der Waals surface area contributed by atoms with Crippen LogP contribution in [-0.2, 0) is 4.79 Å². The van der Waals surface area contributed by atoms with E-state index in [1.165, 1.54) is 18.2 Å². The number of nitrogens with zero attached hydrogens (tertiary/aromatic N) is 2. The van der Waals surface area contributed by atoms with Gasteiger partial charge in [-0.2, -0.15) is 8.78 Å². The third-order valence-electron chi connectivity index (χ3n) is 6.92. The fraction of sp³-hybridized carbons (Fsp3) is 0.577. The number of alkyl halides is 2. The Morgan fingerprint density at radius 3 is 2.51 bits per heavy atom. The number of nitrogens with one attached hydrogen (secondary N) is 1. The molecule has 0 spiro atoms. The molecule has 2 aromatic rings. The second-order valence-corrected chi connectivity index (χ2v) is 10.2. The van der Waals surface area contributed by atoms with Crippen molar-refractivity contribution in [2.24, 2.45) is 17.6 Å². The van der Waals surface area contributed by atoms with Crippen LogP contribution in [0.2, 0.25) is 0 Å². The molecule has 3 fully saturated rings. The number of likely N-dealkylation sites (tertiary alicyclic amines) is 1. The number of rotatable bonds is 10. The Labute approximate surface area is 213 Å². The highest BCUT2D eigenvalue weighted by Crippen LogP contribution is 2.37. The molecule has 0 radical (unpaired) electrons. The van der Waals surface area contributed by atoms with Gasteiger partial charge in [-0.25, -0.2) is 4.98 Å². The van der Waals surface area contributed by atoms with Gasteiger partial charge < -0.3 is 29.8 Å². The van der Waals surface area contributed by atoms with Crippen molar-refractivity contribution in [3.63, 3.8) is 0 Å². The van der Waals surface area contributed by atoms with Crippen molar-refractivity contribution in [2.75, 3.05) is 19.7 Å². The molecule has 0 unspecified atom stereocenters. The van der Waals surface area contributed by atoms with E-state index < -0.39 is 12.7 Å². The van der Waals surface area contributed by atoms with Crippen LogP contribution in [0.5, 0.6) is 11.5 Å². The first-order valence-corrected chi connectivity index (χ1v) is 12.9. The molecule has 3 N–H and O–H groups in total. The molecule has 200 valence electrons. The number of oxazole rings is 1. The van der Waals surface area contributed by atoms with Crippen molar-refractivity contribution < 1.29 is 32.3 Å². The van der Waals surface area contributed by atoms with Crippen LogP contribution < -0.4 is 20.5 Å². The van der Waals surface area contributed by atoms with Crippen LogP contribution in [0.1, 0.15) is 67.7 Å². The maximum atomic E-state index is 13.4. The number of aromatic nitrogens is 1. The molecule has 9 nitrogen and oxygen atoms in total. The van der Waals surface area contributed by atoms with Gasteiger partial charge in [-0.3, -0.25) is 9.59 Å². The van der Waals surface area contributed by atoms with Gasteiger partial charge in [-0.1, -0.05) is 0 Å². The summed E-state index contributed by atoms with van der Waals surface area (Å²) in [4.78, 5) is 31.9. The molecule has 2 saturated carbocycles. The minimum atomic E-state index is -2.99. The average Bonchev–Trinajstić information content (AvgIpc) is 3.81. The summed E-state index contributed by atoms with van der Waals surface area (Å²) < 4.78 is 42.0. The molecule has 2 heterocycles. The Hall–Kier alpha value is -3.21. The van der Waals surface area contributed by atoms with Crippen LogP contribution >= 0.6 is 0 Å². The summed E-state index contributed by atoms with van der Waals surface area (Å²) in [5, 5.41) is 3.04. The van der Waals surface area contributed by atoms with E-state index in [1.54, 1.807) is 11.8 Å². The van der Waals surface area contributed by atoms with E-state index in [-0.39, 0.29) is 46.6 Å². The van der Waals surface area contributed by atoms with Gasteiger partial charge in [0.2, 0.25) is 11.8 Å². The molecule has 1 saturated heterocycles. The number of carbonyl (C=O) groups excluding carboxylic acids is 2. The molecule has 0 bridgehead atoms. The van der Waals surface area contributed by atoms with E-state index in [0.29, 0.717) is 50.1 Å². The number of nitrogens with two attached hydrogens (primary N) is 1. The van der Waals surface area contributed by atoms with Crippen LogP contribution in [0, 0.1) is 11.8 Å². The Kier molecular flexibility index (Phi) is 7.32. The molecule has 3 aliphatic rings. The van der Waals surface area contributed by atoms with Crippen LogP contribution in [0.25, 0.3) is 11.5 Å². The lowest BCUT2D eigenvalue weighted by Crippen LogP contribution is -2.43. The molecule has 37 heavy (non-hydrogen) atoms. The number of piperidine rings is 1. The van der Waals surface area contributed by atoms with Gasteiger partial charge in [0, 0.05) is 30.6 Å². The van der Waals surface area contributed by atoms with E-state index in [0.717, 1.165) is 25.7 Å². The van der Waals surface area contributed by atoms with Crippen LogP contribution in [0.4, 0.5) is 8.78 Å². The molecule has 1 atom stereocenters. The Bertz CT molecular complexity index is 1140. The largest absolute Gasteiger partial charge is 0.489 e. The molecule has 2 aliphatic carbocycles. The van der Waals surface area contributed by atoms with Crippen LogP contribution in [0.15, 0.2) is 22.6 Å². The standard InChI is InChI=1S/C26H32F2N4O5/c1-14(29)22-21(25(34)32-10-8-16(9-11-32)23(33)30-18-5-6-18)31-24(37-22)17-4-7-19(36-26(27)28)20(12-17)35-13-15-2-3-15/h4,7,12,14-16,18,26H,2-3,5-6,8-11,13,29H2,1H3,(H,30,33)/t14-/m0/s1. The van der Waals surface area contributed by atoms with E-state index >= 15 is 0 Å². The average molecular weight is 519 g/mol. The second kappa shape index (κ2) is 10.6. The first kappa shape index (κ1) is 25.4. The highest BCUT2D eigenvalue weighted by atomic mass is 19.3. The number of hydrogen-bond donors (Lipinski definition) is 2. The van der Waals surface area contributed by atoms with Crippen molar-refractivity contribution in [3.05, 3.63) is 29.7 Å². The number of carbonyl (C=O) groups is 2. The van der Waals surface area contributed by atoms with Crippen molar-refractivity contribution in [1.82, 2.24) is 15.2 Å². The summed E-state index contributed by atoms with van der Waals surface area (Å²) in [6.45, 7) is -0.0343. The van der Waals surface area contributed by atoms with Crippen molar-refractivity contribution in [2.45, 2.75) is 64.1 Å². The van der Waals surface area contributed by atoms with Crippen LogP contribution in [0.3, 0.4) is 0 Å². The summed E-state index contributed by atoms with van der Waals surface area (Å²) in [7, 11) is 0. The minimum absolute atomic E-state index is 0.0635. The van der Waals surface area contributed by atoms with Gasteiger partial charge in [-0.15, -0.1) is 0 Å². The maximum absolute atomic E-state index is 13.4. The number of ether oxygens (including phenoxy) is 2. The predicted molar refractivity (Wildman–Crippen MR) is 129 cm³/mol. The number of benzene rings is 1. The fourth-order valence-corrected chi connectivity index (χ4v) is 4.40. The van der Waals surface area contributed by atoms with E-state index in [2.05, 4.69) is 15.0 Å². The smallest absolute Gasteiger partial charge is 0.387 e. The highest BCUT2D eigenvalue weighted by Gasteiger charge is 2.34. The zero-order valence-corrected chi connectivity index (χ0v) is 20.8. The van der Waals surface area contributed by atoms with Gasteiger partial charge in [0.1, 0.15) is 0 Å². The predicted octanol–water partition coefficient (Wildman–Crippen LogP) is 3.88. The first-order chi connectivity index (χ1) is 17.8. The van der Waals surface area contributed by atoms with Crippen LogP contribution in [-0.4, -0.2) is 54.0 Å². The van der Waals surface area contributed by atoms with Gasteiger partial charge >= 0.3 is 6.61 Å². The normalized spacial score (nSPS) is 19.1. The quantitative estimate of drug-likeness (QED) is 0.490. The lowest BCUT2D eigenvalue weighted by atomic mass is 9.95. The summed E-state index contributed by atoms with van der Waals surface area (Å²) in [6.07, 6.45) is 5.30.